The van der Waals surface area contributed by atoms with E-state index in [9.17, 15) is 34.8 Å². The van der Waals surface area contributed by atoms with Crippen LogP contribution in [0.5, 0.6) is 5.88 Å². The van der Waals surface area contributed by atoms with Gasteiger partial charge < -0.3 is 25.3 Å². The minimum absolute atomic E-state index is 0.0253. The number of nitrogens with zero attached hydrogens (tertiary/aromatic N) is 4. The Morgan fingerprint density at radius 2 is 1.44 bits per heavy atom. The molecule has 0 spiro atoms. The summed E-state index contributed by atoms with van der Waals surface area (Å²) in [5.74, 6) is -0.366. The van der Waals surface area contributed by atoms with Crippen LogP contribution in [0.25, 0.3) is 32.7 Å². The Labute approximate surface area is 204 Å². The monoisotopic (exact) mass is 496 g/mol. The number of hydrogen-bond donors (Lipinski definition) is 4. The molecule has 11 heteroatoms. The first-order chi connectivity index (χ1) is 17.4. The van der Waals surface area contributed by atoms with Gasteiger partial charge in [-0.2, -0.15) is 0 Å². The highest BCUT2D eigenvalue weighted by Gasteiger charge is 2.30. The zero-order chi connectivity index (χ0) is 25.6. The summed E-state index contributed by atoms with van der Waals surface area (Å²) in [5, 5.41) is 40.7. The van der Waals surface area contributed by atoms with Gasteiger partial charge in [-0.3, -0.25) is 28.5 Å². The highest BCUT2D eigenvalue weighted by molar-refractivity contribution is 6.19. The molecule has 0 radical (unpaired) electrons. The van der Waals surface area contributed by atoms with E-state index in [0.29, 0.717) is 18.8 Å². The van der Waals surface area contributed by atoms with Crippen molar-refractivity contribution in [3.63, 3.8) is 0 Å². The second-order valence-electron chi connectivity index (χ2n) is 9.03. The first kappa shape index (κ1) is 24.2. The number of aliphatic hydroxyl groups is 3. The fourth-order valence-corrected chi connectivity index (χ4v) is 5.42. The number of pyridine rings is 2. The van der Waals surface area contributed by atoms with Crippen LogP contribution in [0, 0.1) is 0 Å². The SMILES string of the molecule is O=c1c2c(=NCCO)cc3c(=O)n(CCO)c(=O)c4c(N5CCCCC5)cc(c(O)n1CCO)c2c4-3. The second kappa shape index (κ2) is 9.49. The lowest BCUT2D eigenvalue weighted by Crippen LogP contribution is -2.39. The molecule has 1 aromatic heterocycles. The van der Waals surface area contributed by atoms with Crippen molar-refractivity contribution >= 4 is 27.2 Å². The van der Waals surface area contributed by atoms with Crippen LogP contribution in [-0.4, -0.2) is 69.0 Å². The summed E-state index contributed by atoms with van der Waals surface area (Å²) in [7, 11) is 0. The topological polar surface area (TPSA) is 158 Å². The van der Waals surface area contributed by atoms with Gasteiger partial charge in [0.2, 0.25) is 5.88 Å². The largest absolute Gasteiger partial charge is 0.494 e. The molecule has 0 saturated carbocycles. The van der Waals surface area contributed by atoms with E-state index in [0.717, 1.165) is 28.4 Å². The maximum atomic E-state index is 13.7. The summed E-state index contributed by atoms with van der Waals surface area (Å²) in [5.41, 5.74) is -0.839. The van der Waals surface area contributed by atoms with Gasteiger partial charge in [0.1, 0.15) is 0 Å². The molecule has 4 N–H and O–H groups in total. The van der Waals surface area contributed by atoms with Gasteiger partial charge >= 0.3 is 0 Å². The van der Waals surface area contributed by atoms with Gasteiger partial charge in [0.25, 0.3) is 16.7 Å². The van der Waals surface area contributed by atoms with Crippen LogP contribution in [0.4, 0.5) is 5.69 Å². The molecule has 2 aliphatic heterocycles. The molecule has 1 aliphatic carbocycles. The lowest BCUT2D eigenvalue weighted by Gasteiger charge is -2.31. The first-order valence-corrected chi connectivity index (χ1v) is 12.1. The third-order valence-electron chi connectivity index (χ3n) is 6.98. The summed E-state index contributed by atoms with van der Waals surface area (Å²) in [6.07, 6.45) is 2.89. The fraction of sp³-hybridized carbons (Fsp3) is 0.440. The van der Waals surface area contributed by atoms with E-state index in [4.69, 9.17) is 0 Å². The Hall–Kier alpha value is -3.54. The fourth-order valence-electron chi connectivity index (χ4n) is 5.42. The predicted molar refractivity (Wildman–Crippen MR) is 135 cm³/mol. The van der Waals surface area contributed by atoms with Crippen molar-refractivity contribution in [3.05, 3.63) is 48.6 Å². The summed E-state index contributed by atoms with van der Waals surface area (Å²) in [6, 6.07) is 3.11. The van der Waals surface area contributed by atoms with E-state index < -0.39 is 23.3 Å². The van der Waals surface area contributed by atoms with E-state index in [-0.39, 0.29) is 76.8 Å². The Balaban J connectivity index is 2.09. The Morgan fingerprint density at radius 3 is 2.11 bits per heavy atom. The number of piperidine rings is 1. The van der Waals surface area contributed by atoms with Gasteiger partial charge in [-0.05, 0) is 31.4 Å². The second-order valence-corrected chi connectivity index (χ2v) is 9.03. The first-order valence-electron chi connectivity index (χ1n) is 12.1. The zero-order valence-electron chi connectivity index (χ0n) is 19.7. The van der Waals surface area contributed by atoms with Crippen LogP contribution >= 0.6 is 0 Å². The van der Waals surface area contributed by atoms with E-state index in [1.807, 2.05) is 4.90 Å². The number of rotatable bonds is 7. The molecule has 0 bridgehead atoms. The van der Waals surface area contributed by atoms with Gasteiger partial charge in [-0.25, -0.2) is 0 Å². The molecule has 3 aliphatic rings. The highest BCUT2D eigenvalue weighted by Crippen LogP contribution is 2.42. The molecule has 1 fully saturated rings. The molecule has 0 atom stereocenters. The number of hydrogen-bond acceptors (Lipinski definition) is 9. The zero-order valence-corrected chi connectivity index (χ0v) is 19.7. The lowest BCUT2D eigenvalue weighted by atomic mass is 9.89. The van der Waals surface area contributed by atoms with Crippen molar-refractivity contribution in [3.8, 4) is 17.0 Å². The summed E-state index contributed by atoms with van der Waals surface area (Å²) >= 11 is 0. The minimum atomic E-state index is -0.625. The highest BCUT2D eigenvalue weighted by atomic mass is 16.3. The average Bonchev–Trinajstić information content (AvgIpc) is 2.89. The maximum Gasteiger partial charge on any atom is 0.263 e. The number of aromatic nitrogens is 2. The standard InChI is InChI=1S/C25H28N4O7/c30-9-4-26-16-12-14-19-18-15(23(34)28(7-10-31)24(35)20(16)18)13-17(27-5-2-1-3-6-27)21(19)25(36)29(8-11-32)22(14)33/h12-13,30-32,34H,1-11H2. The van der Waals surface area contributed by atoms with Crippen molar-refractivity contribution in [2.24, 2.45) is 4.99 Å². The summed E-state index contributed by atoms with van der Waals surface area (Å²) < 4.78 is 2.05. The van der Waals surface area contributed by atoms with Gasteiger partial charge in [-0.15, -0.1) is 0 Å². The summed E-state index contributed by atoms with van der Waals surface area (Å²) in [6.45, 7) is -0.0798. The minimum Gasteiger partial charge on any atom is -0.494 e. The maximum absolute atomic E-state index is 13.7. The van der Waals surface area contributed by atoms with E-state index >= 15 is 0 Å². The van der Waals surface area contributed by atoms with Gasteiger partial charge in [0.05, 0.1) is 66.8 Å². The number of aromatic hydroxyl groups is 1. The molecule has 3 heterocycles. The Bertz CT molecular complexity index is 1640. The molecule has 190 valence electrons. The number of benzene rings is 2. The van der Waals surface area contributed by atoms with Crippen LogP contribution in [0.2, 0.25) is 0 Å². The smallest absolute Gasteiger partial charge is 0.263 e. The van der Waals surface area contributed by atoms with Crippen LogP contribution < -0.4 is 26.9 Å². The van der Waals surface area contributed by atoms with Crippen molar-refractivity contribution in [1.82, 2.24) is 9.13 Å². The molecule has 1 aromatic carbocycles. The van der Waals surface area contributed by atoms with Crippen molar-refractivity contribution in [2.75, 3.05) is 44.4 Å². The number of anilines is 1. The molecule has 5 rings (SSSR count). The van der Waals surface area contributed by atoms with Gasteiger partial charge in [0, 0.05) is 29.4 Å². The molecule has 1 saturated heterocycles. The van der Waals surface area contributed by atoms with Gasteiger partial charge in [0.15, 0.2) is 0 Å². The van der Waals surface area contributed by atoms with E-state index in [1.54, 1.807) is 6.07 Å². The third-order valence-corrected chi connectivity index (χ3v) is 6.98. The molecular weight excluding hydrogens is 468 g/mol. The quantitative estimate of drug-likeness (QED) is 0.243. The van der Waals surface area contributed by atoms with Crippen molar-refractivity contribution < 1.29 is 20.4 Å². The molecule has 2 aromatic rings. The average molecular weight is 497 g/mol. The summed E-state index contributed by atoms with van der Waals surface area (Å²) in [4.78, 5) is 47.1. The Morgan fingerprint density at radius 1 is 0.778 bits per heavy atom. The predicted octanol–water partition coefficient (Wildman–Crippen LogP) is -0.769. The van der Waals surface area contributed by atoms with E-state index in [1.165, 1.54) is 6.07 Å². The van der Waals surface area contributed by atoms with Crippen molar-refractivity contribution in [1.29, 1.82) is 0 Å². The normalized spacial score (nSPS) is 15.2. The molecule has 0 unspecified atom stereocenters. The molecule has 36 heavy (non-hydrogen) atoms. The third kappa shape index (κ3) is 3.54. The molecule has 0 amide bonds. The Kier molecular flexibility index (Phi) is 6.37. The van der Waals surface area contributed by atoms with Gasteiger partial charge in [-0.1, -0.05) is 0 Å². The molecular formula is C25H28N4O7. The van der Waals surface area contributed by atoms with Crippen LogP contribution in [0.1, 0.15) is 19.3 Å². The lowest BCUT2D eigenvalue weighted by molar-refractivity contribution is 0.265. The number of aliphatic hydroxyl groups excluding tert-OH is 3. The van der Waals surface area contributed by atoms with Crippen molar-refractivity contribution in [2.45, 2.75) is 32.4 Å². The van der Waals surface area contributed by atoms with E-state index in [2.05, 4.69) is 4.99 Å². The van der Waals surface area contributed by atoms with Crippen LogP contribution in [0.3, 0.4) is 0 Å². The molecule has 11 nitrogen and oxygen atoms in total. The van der Waals surface area contributed by atoms with Crippen LogP contribution in [-0.2, 0) is 13.1 Å². The van der Waals surface area contributed by atoms with Crippen LogP contribution in [0.15, 0.2) is 31.5 Å².